The van der Waals surface area contributed by atoms with Crippen LogP contribution in [0.4, 0.5) is 5.82 Å². The van der Waals surface area contributed by atoms with Crippen molar-refractivity contribution >= 4 is 29.2 Å². The van der Waals surface area contributed by atoms with Gasteiger partial charge in [-0.05, 0) is 43.0 Å². The van der Waals surface area contributed by atoms with E-state index in [-0.39, 0.29) is 17.1 Å². The number of aromatic nitrogens is 2. The molecule has 1 aromatic heterocycles. The van der Waals surface area contributed by atoms with Crippen molar-refractivity contribution in [2.45, 2.75) is 31.7 Å². The number of hydrogen-bond acceptors (Lipinski definition) is 5. The Hall–Kier alpha value is -2.91. The molecule has 1 saturated carbocycles. The maximum absolute atomic E-state index is 12.3. The predicted molar refractivity (Wildman–Crippen MR) is 102 cm³/mol. The van der Waals surface area contributed by atoms with E-state index in [1.807, 2.05) is 0 Å². The number of halogens is 1. The molecule has 0 radical (unpaired) electrons. The maximum atomic E-state index is 12.3. The van der Waals surface area contributed by atoms with Gasteiger partial charge in [-0.1, -0.05) is 24.0 Å². The van der Waals surface area contributed by atoms with Crippen LogP contribution in [0.5, 0.6) is 0 Å². The average molecular weight is 381 g/mol. The van der Waals surface area contributed by atoms with Crippen LogP contribution in [-0.2, 0) is 0 Å². The molecule has 0 saturated heterocycles. The summed E-state index contributed by atoms with van der Waals surface area (Å²) in [6.45, 7) is 0.353. The molecule has 2 aromatic rings. The fourth-order valence-electron chi connectivity index (χ4n) is 2.91. The van der Waals surface area contributed by atoms with E-state index >= 15 is 0 Å². The minimum absolute atomic E-state index is 0.189. The highest BCUT2D eigenvalue weighted by Crippen LogP contribution is 2.26. The number of nitrogens with one attached hydrogen (secondary N) is 1. The van der Waals surface area contributed by atoms with Crippen molar-refractivity contribution in [2.75, 3.05) is 11.9 Å². The molecule has 0 bridgehead atoms. The molecule has 7 heteroatoms. The Morgan fingerprint density at radius 1 is 1.19 bits per heavy atom. The number of rotatable bonds is 5. The number of unbranched alkanes of at least 4 members (excludes halogenated alkanes) is 1. The number of anilines is 1. The summed E-state index contributed by atoms with van der Waals surface area (Å²) < 4.78 is 0. The van der Waals surface area contributed by atoms with Gasteiger partial charge in [0.15, 0.2) is 0 Å². The molecule has 0 unspecified atom stereocenters. The van der Waals surface area contributed by atoms with Crippen LogP contribution >= 0.6 is 11.6 Å². The van der Waals surface area contributed by atoms with Gasteiger partial charge in [0.2, 0.25) is 5.28 Å². The number of imide groups is 1. The zero-order chi connectivity index (χ0) is 18.8. The first-order valence-electron chi connectivity index (χ1n) is 8.86. The third-order valence-electron chi connectivity index (χ3n) is 4.46. The molecule has 27 heavy (non-hydrogen) atoms. The Labute approximate surface area is 162 Å². The van der Waals surface area contributed by atoms with E-state index in [4.69, 9.17) is 11.6 Å². The van der Waals surface area contributed by atoms with Crippen molar-refractivity contribution in [1.29, 1.82) is 0 Å². The zero-order valence-electron chi connectivity index (χ0n) is 14.5. The lowest BCUT2D eigenvalue weighted by Gasteiger charge is -2.12. The molecule has 1 aliphatic carbocycles. The van der Waals surface area contributed by atoms with E-state index < -0.39 is 0 Å². The summed E-state index contributed by atoms with van der Waals surface area (Å²) in [4.78, 5) is 34.1. The Bertz CT molecular complexity index is 940. The van der Waals surface area contributed by atoms with E-state index in [2.05, 4.69) is 27.1 Å². The van der Waals surface area contributed by atoms with Crippen LogP contribution in [0.15, 0.2) is 30.5 Å². The van der Waals surface area contributed by atoms with Gasteiger partial charge < -0.3 is 5.32 Å². The van der Waals surface area contributed by atoms with Crippen molar-refractivity contribution in [3.8, 4) is 11.8 Å². The first-order valence-corrected chi connectivity index (χ1v) is 9.24. The monoisotopic (exact) mass is 380 g/mol. The first-order chi connectivity index (χ1) is 13.1. The largest absolute Gasteiger partial charge is 0.366 e. The van der Waals surface area contributed by atoms with E-state index in [9.17, 15) is 9.59 Å². The number of carbonyl (C=O) groups is 2. The highest BCUT2D eigenvalue weighted by Gasteiger charge is 2.34. The molecule has 2 aliphatic rings. The molecule has 4 rings (SSSR count). The van der Waals surface area contributed by atoms with Crippen LogP contribution in [0, 0.1) is 11.8 Å². The molecule has 1 aromatic carbocycles. The van der Waals surface area contributed by atoms with Crippen molar-refractivity contribution in [3.05, 3.63) is 52.4 Å². The van der Waals surface area contributed by atoms with E-state index in [1.165, 1.54) is 4.90 Å². The Kier molecular flexibility index (Phi) is 4.78. The lowest BCUT2D eigenvalue weighted by atomic mass is 10.1. The number of benzene rings is 1. The normalized spacial score (nSPS) is 15.4. The number of amides is 2. The zero-order valence-corrected chi connectivity index (χ0v) is 15.3. The SMILES string of the molecule is O=C1c2ccccc2C(=O)N1CCCC#Cc1cnc(Cl)nc1NC1CC1. The average Bonchev–Trinajstić information content (AvgIpc) is 3.45. The molecule has 2 amide bonds. The van der Waals surface area contributed by atoms with Crippen LogP contribution in [0.2, 0.25) is 5.28 Å². The fraction of sp³-hybridized carbons (Fsp3) is 0.300. The number of fused-ring (bicyclic) bond motifs is 1. The lowest BCUT2D eigenvalue weighted by molar-refractivity contribution is 0.0653. The number of nitrogens with zero attached hydrogens (tertiary/aromatic N) is 3. The predicted octanol–water partition coefficient (Wildman–Crippen LogP) is 3.13. The summed E-state index contributed by atoms with van der Waals surface area (Å²) in [6.07, 6.45) is 5.01. The second kappa shape index (κ2) is 7.37. The molecule has 1 N–H and O–H groups in total. The minimum Gasteiger partial charge on any atom is -0.366 e. The molecule has 2 heterocycles. The molecule has 136 valence electrons. The van der Waals surface area contributed by atoms with Crippen molar-refractivity contribution < 1.29 is 9.59 Å². The quantitative estimate of drug-likeness (QED) is 0.373. The first kappa shape index (κ1) is 17.5. The lowest BCUT2D eigenvalue weighted by Crippen LogP contribution is -2.30. The van der Waals surface area contributed by atoms with Crippen LogP contribution in [-0.4, -0.2) is 39.3 Å². The smallest absolute Gasteiger partial charge is 0.261 e. The summed E-state index contributed by atoms with van der Waals surface area (Å²) >= 11 is 5.86. The van der Waals surface area contributed by atoms with Gasteiger partial charge in [0.1, 0.15) is 5.82 Å². The van der Waals surface area contributed by atoms with Crippen LogP contribution in [0.25, 0.3) is 0 Å². The van der Waals surface area contributed by atoms with Crippen molar-refractivity contribution in [3.63, 3.8) is 0 Å². The summed E-state index contributed by atoms with van der Waals surface area (Å²) in [7, 11) is 0. The van der Waals surface area contributed by atoms with Gasteiger partial charge in [0, 0.05) is 25.2 Å². The van der Waals surface area contributed by atoms with E-state index in [0.717, 1.165) is 12.8 Å². The van der Waals surface area contributed by atoms with Gasteiger partial charge in [-0.15, -0.1) is 0 Å². The van der Waals surface area contributed by atoms with Crippen LogP contribution < -0.4 is 5.32 Å². The van der Waals surface area contributed by atoms with E-state index in [1.54, 1.807) is 30.5 Å². The molecule has 1 aliphatic heterocycles. The minimum atomic E-state index is -0.231. The standard InChI is InChI=1S/C20H17ClN4O2/c21-20-22-12-13(17(24-20)23-14-9-10-14)6-2-1-5-11-25-18(26)15-7-3-4-8-16(15)19(25)27/h3-4,7-8,12,14H,1,5,9-11H2,(H,22,23,24). The second-order valence-electron chi connectivity index (χ2n) is 6.53. The third kappa shape index (κ3) is 3.79. The van der Waals surface area contributed by atoms with Crippen molar-refractivity contribution in [2.24, 2.45) is 0 Å². The van der Waals surface area contributed by atoms with E-state index in [0.29, 0.717) is 47.9 Å². The van der Waals surface area contributed by atoms with Gasteiger partial charge in [0.05, 0.1) is 16.7 Å². The third-order valence-corrected chi connectivity index (χ3v) is 4.64. The molecule has 6 nitrogen and oxygen atoms in total. The summed E-state index contributed by atoms with van der Waals surface area (Å²) in [6, 6.07) is 7.33. The molecular weight excluding hydrogens is 364 g/mol. The Morgan fingerprint density at radius 2 is 1.89 bits per heavy atom. The van der Waals surface area contributed by atoms with Gasteiger partial charge in [-0.3, -0.25) is 14.5 Å². The molecule has 1 fully saturated rings. The summed E-state index contributed by atoms with van der Waals surface area (Å²) in [5.74, 6) is 6.32. The van der Waals surface area contributed by atoms with Gasteiger partial charge in [-0.25, -0.2) is 4.98 Å². The highest BCUT2D eigenvalue weighted by molar-refractivity contribution is 6.28. The Morgan fingerprint density at radius 3 is 2.56 bits per heavy atom. The number of carbonyl (C=O) groups excluding carboxylic acids is 2. The summed E-state index contributed by atoms with van der Waals surface area (Å²) in [5, 5.41) is 3.49. The van der Waals surface area contributed by atoms with Gasteiger partial charge in [-0.2, -0.15) is 4.98 Å². The van der Waals surface area contributed by atoms with Gasteiger partial charge >= 0.3 is 0 Å². The second-order valence-corrected chi connectivity index (χ2v) is 6.87. The Balaban J connectivity index is 1.35. The van der Waals surface area contributed by atoms with Crippen LogP contribution in [0.1, 0.15) is 52.0 Å². The topological polar surface area (TPSA) is 75.2 Å². The summed E-state index contributed by atoms with van der Waals surface area (Å²) in [5.41, 5.74) is 1.65. The molecule has 0 spiro atoms. The fourth-order valence-corrected chi connectivity index (χ4v) is 3.04. The maximum Gasteiger partial charge on any atom is 0.261 e. The van der Waals surface area contributed by atoms with Crippen molar-refractivity contribution in [1.82, 2.24) is 14.9 Å². The molecular formula is C20H17ClN4O2. The van der Waals surface area contributed by atoms with Gasteiger partial charge in [0.25, 0.3) is 11.8 Å². The molecule has 0 atom stereocenters. The van der Waals surface area contributed by atoms with Crippen LogP contribution in [0.3, 0.4) is 0 Å². The highest BCUT2D eigenvalue weighted by atomic mass is 35.5. The number of hydrogen-bond donors (Lipinski definition) is 1.